The number of fused-ring (bicyclic) bond motifs is 1. The molecule has 5 nitrogen and oxygen atoms in total. The van der Waals surface area contributed by atoms with Crippen LogP contribution in [0, 0.1) is 11.3 Å². The molecule has 0 aliphatic heterocycles. The van der Waals surface area contributed by atoms with Crippen LogP contribution in [0.2, 0.25) is 0 Å². The van der Waals surface area contributed by atoms with Gasteiger partial charge in [-0.2, -0.15) is 4.98 Å². The Labute approximate surface area is 113 Å². The van der Waals surface area contributed by atoms with Gasteiger partial charge in [0, 0.05) is 12.6 Å². The van der Waals surface area contributed by atoms with E-state index in [-0.39, 0.29) is 5.41 Å². The minimum Gasteiger partial charge on any atom is -0.481 e. The summed E-state index contributed by atoms with van der Waals surface area (Å²) in [6.45, 7) is 9.68. The van der Waals surface area contributed by atoms with Gasteiger partial charge in [-0.05, 0) is 17.4 Å². The van der Waals surface area contributed by atoms with Gasteiger partial charge in [-0.25, -0.2) is 4.98 Å². The van der Waals surface area contributed by atoms with Crippen molar-refractivity contribution in [3.63, 3.8) is 0 Å². The molecule has 0 amide bonds. The van der Waals surface area contributed by atoms with Crippen LogP contribution in [0.1, 0.15) is 27.7 Å². The molecule has 0 aliphatic carbocycles. The van der Waals surface area contributed by atoms with Crippen LogP contribution in [0.5, 0.6) is 5.88 Å². The summed E-state index contributed by atoms with van der Waals surface area (Å²) in [5.74, 6) is 1.55. The third kappa shape index (κ3) is 2.64. The van der Waals surface area contributed by atoms with Crippen LogP contribution in [0.15, 0.2) is 12.1 Å². The number of anilines is 1. The van der Waals surface area contributed by atoms with Crippen molar-refractivity contribution in [1.29, 1.82) is 0 Å². The first-order chi connectivity index (χ1) is 8.82. The Kier molecular flexibility index (Phi) is 3.39. The smallest absolute Gasteiger partial charge is 0.215 e. The van der Waals surface area contributed by atoms with Crippen LogP contribution >= 0.6 is 0 Å². The molecule has 0 fully saturated rings. The summed E-state index contributed by atoms with van der Waals surface area (Å²) in [6.07, 6.45) is 0. The lowest BCUT2D eigenvalue weighted by molar-refractivity contribution is 0.235. The van der Waals surface area contributed by atoms with Crippen molar-refractivity contribution in [2.45, 2.75) is 34.2 Å². The quantitative estimate of drug-likeness (QED) is 0.923. The minimum atomic E-state index is 0.210. The second kappa shape index (κ2) is 4.72. The number of ether oxygens (including phenoxy) is 1. The third-order valence-electron chi connectivity index (χ3n) is 3.74. The number of hydrogen-bond donors (Lipinski definition) is 1. The Morgan fingerprint density at radius 1 is 1.32 bits per heavy atom. The average Bonchev–Trinajstić information content (AvgIpc) is 2.64. The summed E-state index contributed by atoms with van der Waals surface area (Å²) in [5.41, 5.74) is 7.81. The zero-order valence-electron chi connectivity index (χ0n) is 12.3. The summed E-state index contributed by atoms with van der Waals surface area (Å²) in [5, 5.41) is 0. The number of nitrogens with zero attached hydrogens (tertiary/aromatic N) is 3. The van der Waals surface area contributed by atoms with Crippen LogP contribution in [-0.2, 0) is 6.54 Å². The minimum absolute atomic E-state index is 0.210. The van der Waals surface area contributed by atoms with E-state index in [2.05, 4.69) is 37.7 Å². The van der Waals surface area contributed by atoms with E-state index < -0.39 is 0 Å². The highest BCUT2D eigenvalue weighted by Crippen LogP contribution is 2.29. The fourth-order valence-corrected chi connectivity index (χ4v) is 1.84. The van der Waals surface area contributed by atoms with Crippen molar-refractivity contribution in [1.82, 2.24) is 14.5 Å². The van der Waals surface area contributed by atoms with Gasteiger partial charge < -0.3 is 10.5 Å². The summed E-state index contributed by atoms with van der Waals surface area (Å²) in [6, 6.07) is 3.68. The highest BCUT2D eigenvalue weighted by Gasteiger charge is 2.22. The molecule has 2 aromatic rings. The molecular weight excluding hydrogens is 240 g/mol. The monoisotopic (exact) mass is 262 g/mol. The van der Waals surface area contributed by atoms with E-state index in [9.17, 15) is 0 Å². The third-order valence-corrected chi connectivity index (χ3v) is 3.74. The van der Waals surface area contributed by atoms with Crippen LogP contribution in [0.3, 0.4) is 0 Å². The number of methoxy groups -OCH3 is 1. The van der Waals surface area contributed by atoms with Gasteiger partial charge >= 0.3 is 0 Å². The Hall–Kier alpha value is -1.78. The van der Waals surface area contributed by atoms with E-state index in [1.54, 1.807) is 13.2 Å². The predicted octanol–water partition coefficient (Wildman–Crippen LogP) is 2.70. The van der Waals surface area contributed by atoms with E-state index >= 15 is 0 Å². The molecule has 0 bridgehead atoms. The highest BCUT2D eigenvalue weighted by molar-refractivity contribution is 5.74. The highest BCUT2D eigenvalue weighted by atomic mass is 16.5. The zero-order valence-corrected chi connectivity index (χ0v) is 12.3. The summed E-state index contributed by atoms with van der Waals surface area (Å²) < 4.78 is 7.13. The zero-order chi connectivity index (χ0) is 14.2. The van der Waals surface area contributed by atoms with Crippen molar-refractivity contribution < 1.29 is 4.74 Å². The van der Waals surface area contributed by atoms with Gasteiger partial charge in [0.1, 0.15) is 5.52 Å². The molecule has 0 radical (unpaired) electrons. The van der Waals surface area contributed by atoms with Gasteiger partial charge in [-0.1, -0.05) is 27.7 Å². The normalized spacial score (nSPS) is 13.7. The Bertz CT molecular complexity index is 583. The molecule has 2 rings (SSSR count). The number of nitrogens with two attached hydrogens (primary N) is 1. The molecule has 0 saturated carbocycles. The SMILES string of the molecule is COc1ccc2nc(N)n(CC(C)C(C)(C)C)c2n1. The van der Waals surface area contributed by atoms with Crippen LogP contribution in [0.4, 0.5) is 5.95 Å². The maximum absolute atomic E-state index is 6.01. The Balaban J connectivity index is 2.44. The predicted molar refractivity (Wildman–Crippen MR) is 77.1 cm³/mol. The van der Waals surface area contributed by atoms with E-state index in [1.165, 1.54) is 0 Å². The molecule has 104 valence electrons. The molecule has 2 N–H and O–H groups in total. The van der Waals surface area contributed by atoms with Crippen molar-refractivity contribution in [2.75, 3.05) is 12.8 Å². The van der Waals surface area contributed by atoms with E-state index in [4.69, 9.17) is 10.5 Å². The fraction of sp³-hybridized carbons (Fsp3) is 0.571. The van der Waals surface area contributed by atoms with Gasteiger partial charge in [-0.15, -0.1) is 0 Å². The summed E-state index contributed by atoms with van der Waals surface area (Å²) in [7, 11) is 1.61. The fourth-order valence-electron chi connectivity index (χ4n) is 1.84. The average molecular weight is 262 g/mol. The molecular formula is C14H22N4O. The number of hydrogen-bond acceptors (Lipinski definition) is 4. The molecule has 0 aromatic carbocycles. The first-order valence-electron chi connectivity index (χ1n) is 6.49. The molecule has 19 heavy (non-hydrogen) atoms. The van der Waals surface area contributed by atoms with Gasteiger partial charge in [0.15, 0.2) is 5.65 Å². The molecule has 0 saturated heterocycles. The van der Waals surface area contributed by atoms with E-state index in [0.717, 1.165) is 17.7 Å². The van der Waals surface area contributed by atoms with Crippen molar-refractivity contribution >= 4 is 17.1 Å². The second-order valence-corrected chi connectivity index (χ2v) is 6.04. The number of aromatic nitrogens is 3. The molecule has 0 aliphatic rings. The summed E-state index contributed by atoms with van der Waals surface area (Å²) in [4.78, 5) is 8.79. The van der Waals surface area contributed by atoms with Gasteiger partial charge in [0.05, 0.1) is 7.11 Å². The van der Waals surface area contributed by atoms with Crippen LogP contribution < -0.4 is 10.5 Å². The molecule has 5 heteroatoms. The molecule has 2 aromatic heterocycles. The topological polar surface area (TPSA) is 66.0 Å². The Morgan fingerprint density at radius 3 is 2.58 bits per heavy atom. The first-order valence-corrected chi connectivity index (χ1v) is 6.49. The van der Waals surface area contributed by atoms with Gasteiger partial charge in [0.25, 0.3) is 0 Å². The van der Waals surface area contributed by atoms with Crippen LogP contribution in [-0.4, -0.2) is 21.6 Å². The maximum atomic E-state index is 6.01. The lowest BCUT2D eigenvalue weighted by atomic mass is 9.82. The van der Waals surface area contributed by atoms with Crippen molar-refractivity contribution in [3.05, 3.63) is 12.1 Å². The van der Waals surface area contributed by atoms with Crippen LogP contribution in [0.25, 0.3) is 11.2 Å². The second-order valence-electron chi connectivity index (χ2n) is 6.04. The van der Waals surface area contributed by atoms with Gasteiger partial charge in [-0.3, -0.25) is 4.57 Å². The molecule has 1 atom stereocenters. The standard InChI is InChI=1S/C14H22N4O/c1-9(14(2,3)4)8-18-12-10(16-13(18)15)6-7-11(17-12)19-5/h6-7,9H,8H2,1-5H3,(H2,15,16). The molecule has 0 spiro atoms. The number of rotatable bonds is 3. The Morgan fingerprint density at radius 2 is 2.00 bits per heavy atom. The van der Waals surface area contributed by atoms with Gasteiger partial charge in [0.2, 0.25) is 11.8 Å². The summed E-state index contributed by atoms with van der Waals surface area (Å²) >= 11 is 0. The lowest BCUT2D eigenvalue weighted by Crippen LogP contribution is -2.23. The molecule has 2 heterocycles. The lowest BCUT2D eigenvalue weighted by Gasteiger charge is -2.27. The van der Waals surface area contributed by atoms with E-state index in [1.807, 2.05) is 10.6 Å². The first kappa shape index (κ1) is 13.6. The van der Waals surface area contributed by atoms with Crippen molar-refractivity contribution in [3.8, 4) is 5.88 Å². The number of imidazole rings is 1. The molecule has 1 unspecified atom stereocenters. The number of nitrogen functional groups attached to an aromatic ring is 1. The maximum Gasteiger partial charge on any atom is 0.215 e. The van der Waals surface area contributed by atoms with E-state index in [0.29, 0.717) is 17.7 Å². The number of pyridine rings is 1. The van der Waals surface area contributed by atoms with Crippen molar-refractivity contribution in [2.24, 2.45) is 11.3 Å². The largest absolute Gasteiger partial charge is 0.481 e.